The van der Waals surface area contributed by atoms with Gasteiger partial charge in [0.15, 0.2) is 0 Å². The molecule has 2 aliphatic rings. The zero-order valence-corrected chi connectivity index (χ0v) is 10.6. The lowest BCUT2D eigenvalue weighted by atomic mass is 9.96. The first-order chi connectivity index (χ1) is 8.83. The minimum absolute atomic E-state index is 0.228. The summed E-state index contributed by atoms with van der Waals surface area (Å²) in [6.45, 7) is 3.06. The second kappa shape index (κ2) is 5.11. The van der Waals surface area contributed by atoms with Gasteiger partial charge in [0.1, 0.15) is 0 Å². The molecule has 1 N–H and O–H groups in total. The van der Waals surface area contributed by atoms with Gasteiger partial charge in [-0.15, -0.1) is 0 Å². The van der Waals surface area contributed by atoms with Crippen molar-refractivity contribution in [2.75, 3.05) is 13.1 Å². The molecule has 2 unspecified atom stereocenters. The molecule has 2 saturated heterocycles. The summed E-state index contributed by atoms with van der Waals surface area (Å²) >= 11 is 0. The number of nitrogens with one attached hydrogen (secondary N) is 1. The number of likely N-dealkylation sites (tertiary alicyclic amines) is 1. The number of amides is 1. The summed E-state index contributed by atoms with van der Waals surface area (Å²) < 4.78 is 0. The lowest BCUT2D eigenvalue weighted by Crippen LogP contribution is -2.36. The minimum atomic E-state index is 0.228. The van der Waals surface area contributed by atoms with E-state index in [4.69, 9.17) is 0 Å². The average Bonchev–Trinajstić information content (AvgIpc) is 2.99. The molecule has 2 atom stereocenters. The molecule has 3 heteroatoms. The van der Waals surface area contributed by atoms with Crippen LogP contribution in [0.5, 0.6) is 0 Å². The first-order valence-corrected chi connectivity index (χ1v) is 6.87. The molecule has 96 valence electrons. The Labute approximate surface area is 108 Å². The summed E-state index contributed by atoms with van der Waals surface area (Å²) in [5.41, 5.74) is 1.38. The van der Waals surface area contributed by atoms with Crippen LogP contribution in [0.15, 0.2) is 30.3 Å². The van der Waals surface area contributed by atoms with Crippen molar-refractivity contribution >= 4 is 5.91 Å². The highest BCUT2D eigenvalue weighted by molar-refractivity contribution is 5.78. The summed E-state index contributed by atoms with van der Waals surface area (Å²) in [6.07, 6.45) is 3.23. The van der Waals surface area contributed by atoms with E-state index in [1.807, 2.05) is 0 Å². The van der Waals surface area contributed by atoms with E-state index in [2.05, 4.69) is 40.5 Å². The van der Waals surface area contributed by atoms with Crippen LogP contribution in [0.2, 0.25) is 0 Å². The monoisotopic (exact) mass is 244 g/mol. The van der Waals surface area contributed by atoms with E-state index in [1.165, 1.54) is 24.9 Å². The van der Waals surface area contributed by atoms with Gasteiger partial charge >= 0.3 is 0 Å². The molecular weight excluding hydrogens is 224 g/mol. The van der Waals surface area contributed by atoms with Crippen molar-refractivity contribution in [1.29, 1.82) is 0 Å². The SMILES string of the molecule is O=C1CC(C2CCCN2Cc2ccccc2)CN1. The van der Waals surface area contributed by atoms with Gasteiger partial charge in [0.25, 0.3) is 0 Å². The van der Waals surface area contributed by atoms with Crippen molar-refractivity contribution in [3.05, 3.63) is 35.9 Å². The highest BCUT2D eigenvalue weighted by Gasteiger charge is 2.35. The maximum atomic E-state index is 11.3. The van der Waals surface area contributed by atoms with Crippen LogP contribution in [-0.2, 0) is 11.3 Å². The third kappa shape index (κ3) is 2.41. The smallest absolute Gasteiger partial charge is 0.220 e. The minimum Gasteiger partial charge on any atom is -0.356 e. The topological polar surface area (TPSA) is 32.3 Å². The highest BCUT2D eigenvalue weighted by atomic mass is 16.1. The van der Waals surface area contributed by atoms with E-state index >= 15 is 0 Å². The van der Waals surface area contributed by atoms with Crippen LogP contribution in [0.1, 0.15) is 24.8 Å². The molecule has 2 heterocycles. The van der Waals surface area contributed by atoms with E-state index in [-0.39, 0.29) is 5.91 Å². The lowest BCUT2D eigenvalue weighted by Gasteiger charge is -2.28. The number of hydrogen-bond donors (Lipinski definition) is 1. The molecular formula is C15H20N2O. The maximum absolute atomic E-state index is 11.3. The second-order valence-corrected chi connectivity index (χ2v) is 5.43. The van der Waals surface area contributed by atoms with Gasteiger partial charge in [0.2, 0.25) is 5.91 Å². The normalized spacial score (nSPS) is 28.6. The molecule has 1 amide bonds. The first-order valence-electron chi connectivity index (χ1n) is 6.87. The van der Waals surface area contributed by atoms with Gasteiger partial charge in [-0.1, -0.05) is 30.3 Å². The molecule has 0 bridgehead atoms. The van der Waals surface area contributed by atoms with Crippen LogP contribution in [0.3, 0.4) is 0 Å². The van der Waals surface area contributed by atoms with Gasteiger partial charge in [0.05, 0.1) is 0 Å². The lowest BCUT2D eigenvalue weighted by molar-refractivity contribution is -0.119. The second-order valence-electron chi connectivity index (χ2n) is 5.43. The Bertz CT molecular complexity index is 418. The predicted octanol–water partition coefficient (Wildman–Crippen LogP) is 1.79. The van der Waals surface area contributed by atoms with Gasteiger partial charge in [-0.25, -0.2) is 0 Å². The standard InChI is InChI=1S/C15H20N2O/c18-15-9-13(10-16-15)14-7-4-8-17(14)11-12-5-2-1-3-6-12/h1-3,5-6,13-14H,4,7-11H2,(H,16,18). The Balaban J connectivity index is 1.66. The fourth-order valence-corrected chi connectivity index (χ4v) is 3.30. The van der Waals surface area contributed by atoms with Gasteiger partial charge in [-0.2, -0.15) is 0 Å². The number of nitrogens with zero attached hydrogens (tertiary/aromatic N) is 1. The van der Waals surface area contributed by atoms with E-state index in [0.717, 1.165) is 19.5 Å². The Kier molecular flexibility index (Phi) is 3.33. The van der Waals surface area contributed by atoms with Crippen LogP contribution in [0.25, 0.3) is 0 Å². The number of benzene rings is 1. The summed E-state index contributed by atoms with van der Waals surface area (Å²) in [7, 11) is 0. The molecule has 2 aliphatic heterocycles. The zero-order valence-electron chi connectivity index (χ0n) is 10.6. The Hall–Kier alpha value is -1.35. The fourth-order valence-electron chi connectivity index (χ4n) is 3.30. The Morgan fingerprint density at radius 1 is 1.28 bits per heavy atom. The van der Waals surface area contributed by atoms with Gasteiger partial charge < -0.3 is 5.32 Å². The quantitative estimate of drug-likeness (QED) is 0.879. The fraction of sp³-hybridized carbons (Fsp3) is 0.533. The van der Waals surface area contributed by atoms with E-state index in [9.17, 15) is 4.79 Å². The van der Waals surface area contributed by atoms with E-state index < -0.39 is 0 Å². The van der Waals surface area contributed by atoms with Crippen LogP contribution in [0, 0.1) is 5.92 Å². The molecule has 0 saturated carbocycles. The van der Waals surface area contributed by atoms with Crippen molar-refractivity contribution in [1.82, 2.24) is 10.2 Å². The Morgan fingerprint density at radius 2 is 2.11 bits per heavy atom. The number of carbonyl (C=O) groups excluding carboxylic acids is 1. The molecule has 0 spiro atoms. The van der Waals surface area contributed by atoms with Crippen molar-refractivity contribution < 1.29 is 4.79 Å². The third-order valence-corrected chi connectivity index (χ3v) is 4.20. The molecule has 0 aromatic heterocycles. The van der Waals surface area contributed by atoms with Gasteiger partial charge in [-0.05, 0) is 24.9 Å². The number of hydrogen-bond acceptors (Lipinski definition) is 2. The highest BCUT2D eigenvalue weighted by Crippen LogP contribution is 2.29. The summed E-state index contributed by atoms with van der Waals surface area (Å²) in [6, 6.07) is 11.2. The Morgan fingerprint density at radius 3 is 2.83 bits per heavy atom. The van der Waals surface area contributed by atoms with Crippen molar-refractivity contribution in [3.63, 3.8) is 0 Å². The average molecular weight is 244 g/mol. The summed E-state index contributed by atoms with van der Waals surface area (Å²) in [5, 5.41) is 2.97. The van der Waals surface area contributed by atoms with Crippen molar-refractivity contribution in [3.8, 4) is 0 Å². The summed E-state index contributed by atoms with van der Waals surface area (Å²) in [4.78, 5) is 13.9. The predicted molar refractivity (Wildman–Crippen MR) is 71.0 cm³/mol. The van der Waals surface area contributed by atoms with Crippen LogP contribution < -0.4 is 5.32 Å². The molecule has 1 aromatic rings. The summed E-state index contributed by atoms with van der Waals surface area (Å²) in [5.74, 6) is 0.746. The van der Waals surface area contributed by atoms with Crippen molar-refractivity contribution in [2.24, 2.45) is 5.92 Å². The number of rotatable bonds is 3. The largest absolute Gasteiger partial charge is 0.356 e. The zero-order chi connectivity index (χ0) is 12.4. The van der Waals surface area contributed by atoms with Gasteiger partial charge in [-0.3, -0.25) is 9.69 Å². The van der Waals surface area contributed by atoms with E-state index in [1.54, 1.807) is 0 Å². The maximum Gasteiger partial charge on any atom is 0.220 e. The van der Waals surface area contributed by atoms with Crippen LogP contribution in [-0.4, -0.2) is 29.9 Å². The third-order valence-electron chi connectivity index (χ3n) is 4.20. The molecule has 3 rings (SSSR count). The van der Waals surface area contributed by atoms with Crippen LogP contribution in [0.4, 0.5) is 0 Å². The molecule has 0 aliphatic carbocycles. The van der Waals surface area contributed by atoms with Gasteiger partial charge in [0, 0.05) is 31.5 Å². The molecule has 3 nitrogen and oxygen atoms in total. The molecule has 2 fully saturated rings. The van der Waals surface area contributed by atoms with Crippen LogP contribution >= 0.6 is 0 Å². The van der Waals surface area contributed by atoms with E-state index in [0.29, 0.717) is 12.0 Å². The molecule has 18 heavy (non-hydrogen) atoms. The first kappa shape index (κ1) is 11.7. The van der Waals surface area contributed by atoms with Crippen molar-refractivity contribution in [2.45, 2.75) is 31.8 Å². The number of carbonyl (C=O) groups is 1. The molecule has 0 radical (unpaired) electrons. The molecule has 1 aromatic carbocycles.